The summed E-state index contributed by atoms with van der Waals surface area (Å²) in [6.07, 6.45) is 4.47. The lowest BCUT2D eigenvalue weighted by Gasteiger charge is -2.33. The number of amides is 1. The molecular weight excluding hydrogens is 370 g/mol. The molecule has 7 heteroatoms. The van der Waals surface area contributed by atoms with E-state index in [1.807, 2.05) is 0 Å². The second-order valence-electron chi connectivity index (χ2n) is 6.88. The molecule has 6 nitrogen and oxygen atoms in total. The fraction of sp³-hybridized carbons (Fsp3) is 0.600. The quantitative estimate of drug-likeness (QED) is 0.630. The number of rotatable bonds is 9. The molecule has 1 fully saturated rings. The summed E-state index contributed by atoms with van der Waals surface area (Å²) in [4.78, 5) is 25.5. The normalized spacial score (nSPS) is 16.9. The molecule has 1 aromatic carbocycles. The number of carboxylic acids is 1. The minimum absolute atomic E-state index is 0.115. The maximum atomic E-state index is 12.9. The van der Waals surface area contributed by atoms with Crippen LogP contribution in [0.3, 0.4) is 0 Å². The van der Waals surface area contributed by atoms with Crippen molar-refractivity contribution < 1.29 is 24.2 Å². The molecule has 0 spiro atoms. The van der Waals surface area contributed by atoms with Gasteiger partial charge in [-0.05, 0) is 43.7 Å². The zero-order valence-electron chi connectivity index (χ0n) is 16.0. The molecule has 1 N–H and O–H groups in total. The first-order chi connectivity index (χ1) is 13.0. The van der Waals surface area contributed by atoms with E-state index in [1.54, 1.807) is 17.0 Å². The van der Waals surface area contributed by atoms with E-state index in [2.05, 4.69) is 6.92 Å². The van der Waals surface area contributed by atoms with Crippen molar-refractivity contribution in [1.29, 1.82) is 0 Å². The summed E-state index contributed by atoms with van der Waals surface area (Å²) in [6.45, 7) is 3.85. The van der Waals surface area contributed by atoms with Crippen LogP contribution in [0.25, 0.3) is 0 Å². The molecule has 1 aliphatic rings. The number of carbonyl (C=O) groups is 2. The van der Waals surface area contributed by atoms with E-state index in [-0.39, 0.29) is 18.2 Å². The number of ether oxygens (including phenoxy) is 2. The monoisotopic (exact) mass is 397 g/mol. The van der Waals surface area contributed by atoms with E-state index < -0.39 is 5.97 Å². The Morgan fingerprint density at radius 1 is 1.37 bits per heavy atom. The van der Waals surface area contributed by atoms with Gasteiger partial charge in [0.15, 0.2) is 11.5 Å². The van der Waals surface area contributed by atoms with Gasteiger partial charge in [-0.1, -0.05) is 24.9 Å². The zero-order valence-corrected chi connectivity index (χ0v) is 16.8. The summed E-state index contributed by atoms with van der Waals surface area (Å²) in [5.41, 5.74) is 0.457. The first-order valence-corrected chi connectivity index (χ1v) is 9.85. The fourth-order valence-electron chi connectivity index (χ4n) is 3.30. The van der Waals surface area contributed by atoms with Crippen LogP contribution >= 0.6 is 11.6 Å². The molecule has 1 aromatic rings. The van der Waals surface area contributed by atoms with Gasteiger partial charge in [0.2, 0.25) is 0 Å². The molecule has 0 aromatic heterocycles. The summed E-state index contributed by atoms with van der Waals surface area (Å²) in [5.74, 6) is 0.209. The van der Waals surface area contributed by atoms with Gasteiger partial charge in [-0.3, -0.25) is 9.59 Å². The first-order valence-electron chi connectivity index (χ1n) is 9.47. The maximum absolute atomic E-state index is 12.9. The van der Waals surface area contributed by atoms with Crippen molar-refractivity contribution in [2.24, 2.45) is 5.92 Å². The topological polar surface area (TPSA) is 76.1 Å². The van der Waals surface area contributed by atoms with Gasteiger partial charge in [0.25, 0.3) is 5.91 Å². The van der Waals surface area contributed by atoms with E-state index >= 15 is 0 Å². The van der Waals surface area contributed by atoms with Gasteiger partial charge in [0.05, 0.1) is 18.7 Å². The van der Waals surface area contributed by atoms with Crippen molar-refractivity contribution in [3.05, 3.63) is 22.7 Å². The molecule has 2 rings (SSSR count). The third kappa shape index (κ3) is 6.03. The lowest BCUT2D eigenvalue weighted by Crippen LogP contribution is -2.40. The number of halogens is 1. The maximum Gasteiger partial charge on any atom is 0.303 e. The summed E-state index contributed by atoms with van der Waals surface area (Å²) < 4.78 is 11.1. The molecule has 0 saturated carbocycles. The molecule has 0 bridgehead atoms. The number of piperidine rings is 1. The third-order valence-corrected chi connectivity index (χ3v) is 5.07. The molecule has 0 aliphatic carbocycles. The number of hydrogen-bond acceptors (Lipinski definition) is 4. The highest BCUT2D eigenvalue weighted by Gasteiger charge is 2.26. The summed E-state index contributed by atoms with van der Waals surface area (Å²) >= 11 is 6.35. The van der Waals surface area contributed by atoms with Crippen LogP contribution in [0, 0.1) is 5.92 Å². The predicted molar refractivity (Wildman–Crippen MR) is 104 cm³/mol. The van der Waals surface area contributed by atoms with Crippen LogP contribution < -0.4 is 9.47 Å². The van der Waals surface area contributed by atoms with E-state index in [4.69, 9.17) is 26.2 Å². The molecule has 1 heterocycles. The van der Waals surface area contributed by atoms with Crippen LogP contribution in [0.2, 0.25) is 5.02 Å². The SMILES string of the molecule is CCCCOc1c(Cl)cc(C(=O)N2CCCC(CCC(=O)O)C2)cc1OC. The standard InChI is InChI=1S/C20H28ClNO5/c1-3-4-10-27-19-16(21)11-15(12-17(19)26-2)20(25)22-9-5-6-14(13-22)7-8-18(23)24/h11-12,14H,3-10,13H2,1-2H3,(H,23,24). The Hall–Kier alpha value is -1.95. The number of likely N-dealkylation sites (tertiary alicyclic amines) is 1. The molecule has 1 aliphatic heterocycles. The van der Waals surface area contributed by atoms with E-state index in [9.17, 15) is 9.59 Å². The highest BCUT2D eigenvalue weighted by atomic mass is 35.5. The first kappa shape index (κ1) is 21.4. The molecule has 0 radical (unpaired) electrons. The largest absolute Gasteiger partial charge is 0.493 e. The molecule has 1 saturated heterocycles. The molecular formula is C20H28ClNO5. The van der Waals surface area contributed by atoms with Crippen molar-refractivity contribution in [3.8, 4) is 11.5 Å². The lowest BCUT2D eigenvalue weighted by molar-refractivity contribution is -0.137. The minimum Gasteiger partial charge on any atom is -0.493 e. The Kier molecular flexibility index (Phi) is 8.23. The highest BCUT2D eigenvalue weighted by Crippen LogP contribution is 2.37. The van der Waals surface area contributed by atoms with Crippen LogP contribution in [-0.4, -0.2) is 48.7 Å². The number of carbonyl (C=O) groups excluding carboxylic acids is 1. The van der Waals surface area contributed by atoms with Crippen LogP contribution in [-0.2, 0) is 4.79 Å². The summed E-state index contributed by atoms with van der Waals surface area (Å²) in [7, 11) is 1.52. The van der Waals surface area contributed by atoms with Crippen LogP contribution in [0.5, 0.6) is 11.5 Å². The number of hydrogen-bond donors (Lipinski definition) is 1. The van der Waals surface area contributed by atoms with Gasteiger partial charge in [0.1, 0.15) is 0 Å². The fourth-order valence-corrected chi connectivity index (χ4v) is 3.56. The minimum atomic E-state index is -0.798. The number of benzene rings is 1. The average molecular weight is 398 g/mol. The highest BCUT2D eigenvalue weighted by molar-refractivity contribution is 6.32. The molecule has 1 amide bonds. The van der Waals surface area contributed by atoms with Crippen molar-refractivity contribution in [3.63, 3.8) is 0 Å². The van der Waals surface area contributed by atoms with Crippen molar-refractivity contribution >= 4 is 23.5 Å². The molecule has 1 atom stereocenters. The average Bonchev–Trinajstić information content (AvgIpc) is 2.67. The molecule has 150 valence electrons. The molecule has 27 heavy (non-hydrogen) atoms. The number of carboxylic acid groups (broad SMARTS) is 1. The van der Waals surface area contributed by atoms with Crippen LogP contribution in [0.1, 0.15) is 55.8 Å². The third-order valence-electron chi connectivity index (χ3n) is 4.79. The van der Waals surface area contributed by atoms with Gasteiger partial charge >= 0.3 is 5.97 Å². The summed E-state index contributed by atoms with van der Waals surface area (Å²) in [6, 6.07) is 3.28. The van der Waals surface area contributed by atoms with Gasteiger partial charge < -0.3 is 19.5 Å². The van der Waals surface area contributed by atoms with Crippen LogP contribution in [0.4, 0.5) is 0 Å². The van der Waals surface area contributed by atoms with Crippen molar-refractivity contribution in [1.82, 2.24) is 4.90 Å². The van der Waals surface area contributed by atoms with Gasteiger partial charge in [0, 0.05) is 25.1 Å². The van der Waals surface area contributed by atoms with E-state index in [0.717, 1.165) is 25.7 Å². The Labute approximate surface area is 165 Å². The Bertz CT molecular complexity index is 664. The number of unbranched alkanes of at least 4 members (excludes halogenated alkanes) is 1. The van der Waals surface area contributed by atoms with E-state index in [0.29, 0.717) is 48.2 Å². The lowest BCUT2D eigenvalue weighted by atomic mass is 9.93. The van der Waals surface area contributed by atoms with Gasteiger partial charge in [-0.25, -0.2) is 0 Å². The molecule has 1 unspecified atom stereocenters. The van der Waals surface area contributed by atoms with Crippen LogP contribution in [0.15, 0.2) is 12.1 Å². The van der Waals surface area contributed by atoms with Gasteiger partial charge in [-0.2, -0.15) is 0 Å². The van der Waals surface area contributed by atoms with Gasteiger partial charge in [-0.15, -0.1) is 0 Å². The van der Waals surface area contributed by atoms with Crippen molar-refractivity contribution in [2.45, 2.75) is 45.4 Å². The second-order valence-corrected chi connectivity index (χ2v) is 7.29. The number of nitrogens with zero attached hydrogens (tertiary/aromatic N) is 1. The Morgan fingerprint density at radius 3 is 2.81 bits per heavy atom. The summed E-state index contributed by atoms with van der Waals surface area (Å²) in [5, 5.41) is 9.22. The number of methoxy groups -OCH3 is 1. The van der Waals surface area contributed by atoms with E-state index in [1.165, 1.54) is 7.11 Å². The number of aliphatic carboxylic acids is 1. The second kappa shape index (κ2) is 10.4. The predicted octanol–water partition coefficient (Wildman–Crippen LogP) is 4.24. The van der Waals surface area contributed by atoms with Crippen molar-refractivity contribution in [2.75, 3.05) is 26.8 Å². The Morgan fingerprint density at radius 2 is 2.15 bits per heavy atom. The Balaban J connectivity index is 2.10. The smallest absolute Gasteiger partial charge is 0.303 e. The zero-order chi connectivity index (χ0) is 19.8.